The van der Waals surface area contributed by atoms with Crippen LogP contribution in [-0.4, -0.2) is 12.0 Å². The average Bonchev–Trinajstić information content (AvgIpc) is 2.46. The molecule has 1 aromatic carbocycles. The Labute approximate surface area is 121 Å². The summed E-state index contributed by atoms with van der Waals surface area (Å²) in [5.41, 5.74) is 10.7. The molecule has 0 aliphatic heterocycles. The summed E-state index contributed by atoms with van der Waals surface area (Å²) >= 11 is 0. The highest BCUT2D eigenvalue weighted by atomic mass is 15.1. The van der Waals surface area contributed by atoms with E-state index in [-0.39, 0.29) is 6.04 Å². The van der Waals surface area contributed by atoms with Crippen molar-refractivity contribution in [3.05, 3.63) is 59.4 Å². The van der Waals surface area contributed by atoms with Gasteiger partial charge in [0.05, 0.1) is 12.2 Å². The fourth-order valence-corrected chi connectivity index (χ4v) is 2.38. The predicted molar refractivity (Wildman–Crippen MR) is 84.7 cm³/mol. The molecule has 0 spiro atoms. The fourth-order valence-electron chi connectivity index (χ4n) is 2.38. The Bertz CT molecular complexity index is 566. The van der Waals surface area contributed by atoms with Crippen LogP contribution in [0, 0.1) is 6.92 Å². The first-order valence-corrected chi connectivity index (χ1v) is 7.10. The molecule has 2 N–H and O–H groups in total. The molecule has 2 aromatic rings. The fraction of sp³-hybridized carbons (Fsp3) is 0.353. The van der Waals surface area contributed by atoms with Crippen molar-refractivity contribution in [3.8, 4) is 0 Å². The van der Waals surface area contributed by atoms with Crippen LogP contribution in [-0.2, 0) is 6.54 Å². The van der Waals surface area contributed by atoms with Gasteiger partial charge in [-0.05, 0) is 37.1 Å². The van der Waals surface area contributed by atoms with Gasteiger partial charge in [-0.1, -0.05) is 31.2 Å². The van der Waals surface area contributed by atoms with Gasteiger partial charge in [0.1, 0.15) is 0 Å². The maximum atomic E-state index is 6.21. The number of pyridine rings is 1. The summed E-state index contributed by atoms with van der Waals surface area (Å²) in [5.74, 6) is 0. The number of aryl methyl sites for hydroxylation is 1. The molecular formula is C17H23N3. The van der Waals surface area contributed by atoms with Crippen LogP contribution in [0.3, 0.4) is 0 Å². The largest absolute Gasteiger partial charge is 0.368 e. The van der Waals surface area contributed by atoms with Crippen molar-refractivity contribution < 1.29 is 0 Å². The van der Waals surface area contributed by atoms with E-state index >= 15 is 0 Å². The summed E-state index contributed by atoms with van der Waals surface area (Å²) in [6.07, 6.45) is 0.938. The van der Waals surface area contributed by atoms with Gasteiger partial charge in [-0.25, -0.2) is 0 Å². The second-order valence-electron chi connectivity index (χ2n) is 5.20. The highest BCUT2D eigenvalue weighted by Crippen LogP contribution is 2.26. The van der Waals surface area contributed by atoms with Crippen LogP contribution in [0.5, 0.6) is 0 Å². The quantitative estimate of drug-likeness (QED) is 0.904. The molecule has 0 fully saturated rings. The number of hydrogen-bond acceptors (Lipinski definition) is 3. The molecule has 1 aromatic heterocycles. The van der Waals surface area contributed by atoms with E-state index in [4.69, 9.17) is 5.73 Å². The Hall–Kier alpha value is -1.87. The van der Waals surface area contributed by atoms with E-state index < -0.39 is 0 Å². The summed E-state index contributed by atoms with van der Waals surface area (Å²) in [4.78, 5) is 6.78. The molecule has 0 aliphatic carbocycles. The van der Waals surface area contributed by atoms with Crippen LogP contribution in [0.15, 0.2) is 42.5 Å². The topological polar surface area (TPSA) is 42.1 Å². The summed E-state index contributed by atoms with van der Waals surface area (Å²) in [7, 11) is 2.09. The Morgan fingerprint density at radius 3 is 2.60 bits per heavy atom. The lowest BCUT2D eigenvalue weighted by Gasteiger charge is -2.24. The van der Waals surface area contributed by atoms with Crippen LogP contribution < -0.4 is 10.6 Å². The SMILES string of the molecule is CCC(N)c1ccccc1N(C)Cc1cccc(C)n1. The summed E-state index contributed by atoms with van der Waals surface area (Å²) in [5, 5.41) is 0. The highest BCUT2D eigenvalue weighted by Gasteiger charge is 2.12. The number of anilines is 1. The minimum atomic E-state index is 0.0825. The third-order valence-electron chi connectivity index (χ3n) is 3.53. The average molecular weight is 269 g/mol. The third-order valence-corrected chi connectivity index (χ3v) is 3.53. The van der Waals surface area contributed by atoms with E-state index in [0.717, 1.165) is 24.4 Å². The molecule has 0 radical (unpaired) electrons. The molecule has 3 nitrogen and oxygen atoms in total. The van der Waals surface area contributed by atoms with E-state index in [0.29, 0.717) is 0 Å². The minimum Gasteiger partial charge on any atom is -0.368 e. The molecule has 1 atom stereocenters. The van der Waals surface area contributed by atoms with E-state index in [1.807, 2.05) is 19.1 Å². The van der Waals surface area contributed by atoms with Gasteiger partial charge in [-0.2, -0.15) is 0 Å². The van der Waals surface area contributed by atoms with Crippen LogP contribution in [0.2, 0.25) is 0 Å². The molecule has 1 unspecified atom stereocenters. The number of nitrogens with zero attached hydrogens (tertiary/aromatic N) is 2. The zero-order valence-corrected chi connectivity index (χ0v) is 12.5. The lowest BCUT2D eigenvalue weighted by molar-refractivity contribution is 0.693. The standard InChI is InChI=1S/C17H23N3/c1-4-16(18)15-10-5-6-11-17(15)20(3)12-14-9-7-8-13(2)19-14/h5-11,16H,4,12,18H2,1-3H3. The van der Waals surface area contributed by atoms with E-state index in [9.17, 15) is 0 Å². The Morgan fingerprint density at radius 1 is 1.15 bits per heavy atom. The van der Waals surface area contributed by atoms with E-state index in [1.54, 1.807) is 0 Å². The van der Waals surface area contributed by atoms with Gasteiger partial charge in [-0.15, -0.1) is 0 Å². The first kappa shape index (κ1) is 14.5. The smallest absolute Gasteiger partial charge is 0.0600 e. The van der Waals surface area contributed by atoms with Gasteiger partial charge >= 0.3 is 0 Å². The second kappa shape index (κ2) is 6.53. The van der Waals surface area contributed by atoms with Crippen LogP contribution in [0.25, 0.3) is 0 Å². The molecule has 106 valence electrons. The summed E-state index contributed by atoms with van der Waals surface area (Å²) < 4.78 is 0. The van der Waals surface area contributed by atoms with Crippen molar-refractivity contribution in [1.29, 1.82) is 0 Å². The maximum Gasteiger partial charge on any atom is 0.0600 e. The van der Waals surface area contributed by atoms with Gasteiger partial charge in [0.25, 0.3) is 0 Å². The van der Waals surface area contributed by atoms with Gasteiger partial charge in [-0.3, -0.25) is 4.98 Å². The predicted octanol–water partition coefficient (Wildman–Crippen LogP) is 3.44. The number of aromatic nitrogens is 1. The molecule has 3 heteroatoms. The highest BCUT2D eigenvalue weighted by molar-refractivity contribution is 5.54. The molecule has 0 saturated carbocycles. The van der Waals surface area contributed by atoms with E-state index in [1.165, 1.54) is 11.3 Å². The van der Waals surface area contributed by atoms with Crippen LogP contribution in [0.1, 0.15) is 36.3 Å². The molecular weight excluding hydrogens is 246 g/mol. The lowest BCUT2D eigenvalue weighted by Crippen LogP contribution is -2.21. The molecule has 2 rings (SSSR count). The Kier molecular flexibility index (Phi) is 4.74. The zero-order chi connectivity index (χ0) is 14.5. The second-order valence-corrected chi connectivity index (χ2v) is 5.20. The first-order chi connectivity index (χ1) is 9.61. The van der Waals surface area contributed by atoms with Crippen molar-refractivity contribution in [1.82, 2.24) is 4.98 Å². The van der Waals surface area contributed by atoms with Gasteiger partial charge in [0, 0.05) is 24.5 Å². The molecule has 0 aliphatic rings. The molecule has 0 amide bonds. The van der Waals surface area contributed by atoms with Crippen molar-refractivity contribution in [2.45, 2.75) is 32.9 Å². The van der Waals surface area contributed by atoms with Gasteiger partial charge in [0.2, 0.25) is 0 Å². The van der Waals surface area contributed by atoms with Crippen LogP contribution in [0.4, 0.5) is 5.69 Å². The monoisotopic (exact) mass is 269 g/mol. The normalized spacial score (nSPS) is 12.2. The maximum absolute atomic E-state index is 6.21. The van der Waals surface area contributed by atoms with Crippen molar-refractivity contribution in [2.75, 3.05) is 11.9 Å². The van der Waals surface area contributed by atoms with Gasteiger partial charge < -0.3 is 10.6 Å². The number of hydrogen-bond donors (Lipinski definition) is 1. The van der Waals surface area contributed by atoms with Crippen molar-refractivity contribution in [2.24, 2.45) is 5.73 Å². The first-order valence-electron chi connectivity index (χ1n) is 7.10. The molecule has 1 heterocycles. The molecule has 0 bridgehead atoms. The van der Waals surface area contributed by atoms with Gasteiger partial charge in [0.15, 0.2) is 0 Å². The number of rotatable bonds is 5. The Morgan fingerprint density at radius 2 is 1.90 bits per heavy atom. The number of nitrogens with two attached hydrogens (primary N) is 1. The Balaban J connectivity index is 2.23. The molecule has 0 saturated heterocycles. The summed E-state index contributed by atoms with van der Waals surface area (Å²) in [6.45, 7) is 4.92. The number of para-hydroxylation sites is 1. The molecule has 20 heavy (non-hydrogen) atoms. The number of benzene rings is 1. The minimum absolute atomic E-state index is 0.0825. The van der Waals surface area contributed by atoms with Crippen molar-refractivity contribution >= 4 is 5.69 Å². The summed E-state index contributed by atoms with van der Waals surface area (Å²) in [6, 6.07) is 14.6. The zero-order valence-electron chi connectivity index (χ0n) is 12.5. The lowest BCUT2D eigenvalue weighted by atomic mass is 10.0. The van der Waals surface area contributed by atoms with E-state index in [2.05, 4.69) is 54.2 Å². The van der Waals surface area contributed by atoms with Crippen LogP contribution >= 0.6 is 0 Å². The van der Waals surface area contributed by atoms with Crippen molar-refractivity contribution in [3.63, 3.8) is 0 Å². The third kappa shape index (κ3) is 3.36.